The molecule has 0 aliphatic carbocycles. The van der Waals surface area contributed by atoms with Crippen molar-refractivity contribution >= 4 is 22.7 Å². The molecule has 1 aromatic carbocycles. The van der Waals surface area contributed by atoms with Crippen LogP contribution in [-0.4, -0.2) is 25.0 Å². The Hall–Kier alpha value is -2.83. The third-order valence-electron chi connectivity index (χ3n) is 2.62. The molecule has 0 unspecified atom stereocenters. The molecule has 3 rings (SSSR count). The van der Waals surface area contributed by atoms with Gasteiger partial charge in [-0.05, 0) is 18.2 Å². The molecule has 6 N–H and O–H groups in total. The minimum absolute atomic E-state index is 0.00649. The molecular weight excluding hydrogens is 232 g/mol. The lowest BCUT2D eigenvalue weighted by atomic mass is 10.2. The van der Waals surface area contributed by atoms with E-state index in [9.17, 15) is 5.11 Å². The van der Waals surface area contributed by atoms with Crippen molar-refractivity contribution in [3.05, 3.63) is 24.5 Å². The maximum atomic E-state index is 9.57. The molecule has 0 spiro atoms. The van der Waals surface area contributed by atoms with E-state index in [1.807, 2.05) is 0 Å². The van der Waals surface area contributed by atoms with Crippen LogP contribution in [-0.2, 0) is 0 Å². The highest BCUT2D eigenvalue weighted by Gasteiger charge is 2.10. The molecule has 0 atom stereocenters. The second-order valence-electron chi connectivity index (χ2n) is 3.82. The molecular formula is C11H10N6O. The molecule has 0 saturated carbocycles. The van der Waals surface area contributed by atoms with Gasteiger partial charge >= 0.3 is 0 Å². The number of imidazole rings is 1. The van der Waals surface area contributed by atoms with E-state index in [2.05, 4.69) is 19.9 Å². The second-order valence-corrected chi connectivity index (χ2v) is 3.82. The van der Waals surface area contributed by atoms with Gasteiger partial charge in [-0.25, -0.2) is 15.0 Å². The van der Waals surface area contributed by atoms with Gasteiger partial charge in [0.2, 0.25) is 0 Å². The molecule has 0 radical (unpaired) electrons. The smallest absolute Gasteiger partial charge is 0.183 e. The lowest BCUT2D eigenvalue weighted by molar-refractivity contribution is 0.478. The molecule has 3 aromatic rings. The molecule has 0 aliphatic rings. The number of aromatic hydroxyl groups is 1. The van der Waals surface area contributed by atoms with Gasteiger partial charge in [0.1, 0.15) is 23.4 Å². The van der Waals surface area contributed by atoms with Crippen molar-refractivity contribution in [2.75, 3.05) is 11.5 Å². The fraction of sp³-hybridized carbons (Fsp3) is 0. The number of benzene rings is 1. The third-order valence-corrected chi connectivity index (χ3v) is 2.62. The van der Waals surface area contributed by atoms with Gasteiger partial charge in [-0.15, -0.1) is 0 Å². The van der Waals surface area contributed by atoms with Gasteiger partial charge in [-0.2, -0.15) is 0 Å². The first kappa shape index (κ1) is 10.3. The molecule has 0 saturated heterocycles. The summed E-state index contributed by atoms with van der Waals surface area (Å²) in [6.45, 7) is 0. The zero-order valence-electron chi connectivity index (χ0n) is 9.25. The van der Waals surface area contributed by atoms with Crippen molar-refractivity contribution in [1.82, 2.24) is 19.9 Å². The Morgan fingerprint density at radius 1 is 1.17 bits per heavy atom. The van der Waals surface area contributed by atoms with Gasteiger partial charge in [0.05, 0.1) is 5.69 Å². The number of anilines is 2. The summed E-state index contributed by atoms with van der Waals surface area (Å²) in [4.78, 5) is 15.2. The van der Waals surface area contributed by atoms with Crippen molar-refractivity contribution in [2.45, 2.75) is 0 Å². The van der Waals surface area contributed by atoms with E-state index in [0.717, 1.165) is 0 Å². The molecule has 2 aromatic heterocycles. The third kappa shape index (κ3) is 1.49. The highest BCUT2D eigenvalue weighted by Crippen LogP contribution is 2.27. The van der Waals surface area contributed by atoms with Crippen molar-refractivity contribution < 1.29 is 5.11 Å². The average molecular weight is 242 g/mol. The monoisotopic (exact) mass is 242 g/mol. The van der Waals surface area contributed by atoms with E-state index in [1.54, 1.807) is 12.1 Å². The number of phenolic OH excluding ortho intramolecular Hbond substituents is 1. The van der Waals surface area contributed by atoms with Crippen LogP contribution in [0, 0.1) is 0 Å². The molecule has 0 aliphatic heterocycles. The van der Waals surface area contributed by atoms with Crippen LogP contribution in [0.4, 0.5) is 11.5 Å². The largest absolute Gasteiger partial charge is 0.506 e. The molecule has 7 nitrogen and oxygen atoms in total. The first-order chi connectivity index (χ1) is 8.65. The number of H-pyrrole nitrogens is 1. The standard InChI is InChI=1S/C11H10N6O/c12-6-2-1-5(3-7(6)18)10-16-8-9(13)14-4-15-11(8)17-10/h1-4,18H,12H2,(H3,13,14,15,16,17). The Morgan fingerprint density at radius 3 is 2.72 bits per heavy atom. The lowest BCUT2D eigenvalue weighted by Gasteiger charge is -2.00. The van der Waals surface area contributed by atoms with E-state index in [1.165, 1.54) is 12.4 Å². The maximum absolute atomic E-state index is 9.57. The van der Waals surface area contributed by atoms with Gasteiger partial charge in [0, 0.05) is 5.56 Å². The molecule has 2 heterocycles. The summed E-state index contributed by atoms with van der Waals surface area (Å²) in [5, 5.41) is 9.57. The number of hydrogen-bond donors (Lipinski definition) is 4. The van der Waals surface area contributed by atoms with Crippen LogP contribution in [0.25, 0.3) is 22.6 Å². The second kappa shape index (κ2) is 3.59. The van der Waals surface area contributed by atoms with Gasteiger partial charge < -0.3 is 21.6 Å². The Labute approximate surface area is 102 Å². The highest BCUT2D eigenvalue weighted by molar-refractivity contribution is 5.84. The van der Waals surface area contributed by atoms with Crippen LogP contribution in [0.1, 0.15) is 0 Å². The Kier molecular flexibility index (Phi) is 2.06. The Balaban J connectivity index is 2.19. The number of phenols is 1. The molecule has 18 heavy (non-hydrogen) atoms. The van der Waals surface area contributed by atoms with Crippen molar-refractivity contribution in [3.8, 4) is 17.1 Å². The van der Waals surface area contributed by atoms with Gasteiger partial charge in [-0.1, -0.05) is 0 Å². The van der Waals surface area contributed by atoms with E-state index >= 15 is 0 Å². The zero-order chi connectivity index (χ0) is 12.7. The number of aromatic nitrogens is 4. The van der Waals surface area contributed by atoms with E-state index in [-0.39, 0.29) is 5.75 Å². The van der Waals surface area contributed by atoms with Crippen LogP contribution in [0.3, 0.4) is 0 Å². The molecule has 0 bridgehead atoms. The van der Waals surface area contributed by atoms with Crippen LogP contribution in [0.15, 0.2) is 24.5 Å². The first-order valence-electron chi connectivity index (χ1n) is 5.20. The summed E-state index contributed by atoms with van der Waals surface area (Å²) >= 11 is 0. The normalized spacial score (nSPS) is 10.9. The number of nitrogens with zero attached hydrogens (tertiary/aromatic N) is 3. The predicted molar refractivity (Wildman–Crippen MR) is 67.6 cm³/mol. The molecule has 0 amide bonds. The Morgan fingerprint density at radius 2 is 2.00 bits per heavy atom. The lowest BCUT2D eigenvalue weighted by Crippen LogP contribution is -1.91. The molecule has 90 valence electrons. The minimum atomic E-state index is 0.00649. The fourth-order valence-electron chi connectivity index (χ4n) is 1.67. The number of nitrogens with two attached hydrogens (primary N) is 2. The van der Waals surface area contributed by atoms with Crippen LogP contribution in [0.5, 0.6) is 5.75 Å². The number of rotatable bonds is 1. The van der Waals surface area contributed by atoms with Crippen LogP contribution < -0.4 is 11.5 Å². The average Bonchev–Trinajstić information content (AvgIpc) is 2.78. The Bertz CT molecular complexity index is 735. The quantitative estimate of drug-likeness (QED) is 0.370. The number of nitrogen functional groups attached to an aromatic ring is 2. The minimum Gasteiger partial charge on any atom is -0.506 e. The molecule has 7 heteroatoms. The number of fused-ring (bicyclic) bond motifs is 1. The SMILES string of the molecule is Nc1ccc(-c2nc3ncnc(N)c3[nH]2)cc1O. The summed E-state index contributed by atoms with van der Waals surface area (Å²) in [5.41, 5.74) is 13.3. The summed E-state index contributed by atoms with van der Waals surface area (Å²) in [6, 6.07) is 4.87. The van der Waals surface area contributed by atoms with E-state index in [4.69, 9.17) is 11.5 Å². The van der Waals surface area contributed by atoms with Crippen molar-refractivity contribution in [1.29, 1.82) is 0 Å². The van der Waals surface area contributed by atoms with Crippen molar-refractivity contribution in [2.24, 2.45) is 0 Å². The topological polar surface area (TPSA) is 127 Å². The van der Waals surface area contributed by atoms with Gasteiger partial charge in [0.15, 0.2) is 11.5 Å². The first-order valence-corrected chi connectivity index (χ1v) is 5.20. The summed E-state index contributed by atoms with van der Waals surface area (Å²) in [6.07, 6.45) is 1.35. The predicted octanol–water partition coefficient (Wildman–Crippen LogP) is 0.890. The number of nitrogens with one attached hydrogen (secondary N) is 1. The van der Waals surface area contributed by atoms with Crippen LogP contribution in [0.2, 0.25) is 0 Å². The number of hydrogen-bond acceptors (Lipinski definition) is 6. The summed E-state index contributed by atoms with van der Waals surface area (Å²) in [7, 11) is 0. The van der Waals surface area contributed by atoms with E-state index in [0.29, 0.717) is 34.1 Å². The molecule has 0 fully saturated rings. The number of aromatic amines is 1. The van der Waals surface area contributed by atoms with Gasteiger partial charge in [-0.3, -0.25) is 0 Å². The maximum Gasteiger partial charge on any atom is 0.183 e. The van der Waals surface area contributed by atoms with E-state index < -0.39 is 0 Å². The van der Waals surface area contributed by atoms with Crippen molar-refractivity contribution in [3.63, 3.8) is 0 Å². The summed E-state index contributed by atoms with van der Waals surface area (Å²) < 4.78 is 0. The van der Waals surface area contributed by atoms with Crippen LogP contribution >= 0.6 is 0 Å². The zero-order valence-corrected chi connectivity index (χ0v) is 9.25. The summed E-state index contributed by atoms with van der Waals surface area (Å²) in [5.74, 6) is 0.887. The van der Waals surface area contributed by atoms with Gasteiger partial charge in [0.25, 0.3) is 0 Å². The highest BCUT2D eigenvalue weighted by atomic mass is 16.3. The fourth-order valence-corrected chi connectivity index (χ4v) is 1.67.